The zero-order valence-corrected chi connectivity index (χ0v) is 8.77. The van der Waals surface area contributed by atoms with Crippen molar-refractivity contribution < 1.29 is 4.79 Å². The first kappa shape index (κ1) is 9.86. The predicted molar refractivity (Wildman–Crippen MR) is 56.5 cm³/mol. The average Bonchev–Trinajstić information content (AvgIpc) is 2.59. The number of hydrogen-bond acceptors (Lipinski definition) is 3. The summed E-state index contributed by atoms with van der Waals surface area (Å²) in [5.74, 6) is 0. The Morgan fingerprint density at radius 3 is 2.87 bits per heavy atom. The third-order valence-corrected chi connectivity index (χ3v) is 2.33. The van der Waals surface area contributed by atoms with Crippen LogP contribution in [0.3, 0.4) is 0 Å². The summed E-state index contributed by atoms with van der Waals surface area (Å²) in [4.78, 5) is 10.6. The molecular weight excluding hydrogens is 214 g/mol. The quantitative estimate of drug-likeness (QED) is 0.730. The van der Waals surface area contributed by atoms with Crippen molar-refractivity contribution in [2.45, 2.75) is 6.92 Å². The fraction of sp³-hybridized carbons (Fsp3) is 0.100. The minimum atomic E-state index is 0.343. The van der Waals surface area contributed by atoms with Crippen LogP contribution in [0.5, 0.6) is 0 Å². The third kappa shape index (κ3) is 1.76. The third-order valence-electron chi connectivity index (χ3n) is 2.09. The Labute approximate surface area is 91.5 Å². The monoisotopic (exact) mass is 221 g/mol. The van der Waals surface area contributed by atoms with Gasteiger partial charge >= 0.3 is 0 Å². The van der Waals surface area contributed by atoms with Gasteiger partial charge in [0.1, 0.15) is 5.69 Å². The summed E-state index contributed by atoms with van der Waals surface area (Å²) >= 11 is 5.86. The molecule has 2 rings (SSSR count). The molecule has 15 heavy (non-hydrogen) atoms. The second-order valence-electron chi connectivity index (χ2n) is 3.07. The van der Waals surface area contributed by atoms with Crippen LogP contribution in [0.2, 0.25) is 5.02 Å². The van der Waals surface area contributed by atoms with Gasteiger partial charge in [0, 0.05) is 5.02 Å². The molecule has 0 radical (unpaired) electrons. The van der Waals surface area contributed by atoms with Crippen molar-refractivity contribution in [2.24, 2.45) is 0 Å². The lowest BCUT2D eigenvalue weighted by Crippen LogP contribution is -1.99. The van der Waals surface area contributed by atoms with E-state index in [0.717, 1.165) is 5.69 Å². The highest BCUT2D eigenvalue weighted by Crippen LogP contribution is 2.15. The van der Waals surface area contributed by atoms with Gasteiger partial charge in [0.2, 0.25) is 0 Å². The van der Waals surface area contributed by atoms with Crippen LogP contribution in [-0.4, -0.2) is 21.3 Å². The van der Waals surface area contributed by atoms with Gasteiger partial charge in [0.05, 0.1) is 11.4 Å². The highest BCUT2D eigenvalue weighted by atomic mass is 35.5. The molecule has 0 saturated carbocycles. The molecule has 2 aromatic rings. The molecule has 0 aliphatic heterocycles. The molecule has 5 heteroatoms. The second kappa shape index (κ2) is 3.82. The number of rotatable bonds is 2. The molecule has 0 fully saturated rings. The molecule has 4 nitrogen and oxygen atoms in total. The van der Waals surface area contributed by atoms with Gasteiger partial charge in [-0.3, -0.25) is 4.79 Å². The summed E-state index contributed by atoms with van der Waals surface area (Å²) < 4.78 is 1.58. The topological polar surface area (TPSA) is 47.8 Å². The van der Waals surface area contributed by atoms with E-state index in [9.17, 15) is 4.79 Å². The van der Waals surface area contributed by atoms with Crippen molar-refractivity contribution in [1.29, 1.82) is 0 Å². The summed E-state index contributed by atoms with van der Waals surface area (Å²) in [5.41, 5.74) is 1.84. The molecule has 0 aliphatic carbocycles. The van der Waals surface area contributed by atoms with Crippen molar-refractivity contribution in [3.8, 4) is 5.69 Å². The van der Waals surface area contributed by atoms with E-state index in [-0.39, 0.29) is 0 Å². The van der Waals surface area contributed by atoms with E-state index in [1.165, 1.54) is 0 Å². The Kier molecular flexibility index (Phi) is 2.51. The normalized spacial score (nSPS) is 10.3. The molecule has 0 atom stereocenters. The smallest absolute Gasteiger partial charge is 0.172 e. The van der Waals surface area contributed by atoms with E-state index in [2.05, 4.69) is 10.3 Å². The highest BCUT2D eigenvalue weighted by molar-refractivity contribution is 6.30. The number of aromatic nitrogens is 3. The average molecular weight is 222 g/mol. The van der Waals surface area contributed by atoms with Gasteiger partial charge < -0.3 is 0 Å². The first-order valence-electron chi connectivity index (χ1n) is 4.36. The van der Waals surface area contributed by atoms with E-state index in [0.29, 0.717) is 22.7 Å². The maximum atomic E-state index is 10.6. The highest BCUT2D eigenvalue weighted by Gasteiger charge is 2.08. The van der Waals surface area contributed by atoms with Gasteiger partial charge in [-0.05, 0) is 25.1 Å². The van der Waals surface area contributed by atoms with Gasteiger partial charge in [0.25, 0.3) is 0 Å². The van der Waals surface area contributed by atoms with Crippen molar-refractivity contribution in [2.75, 3.05) is 0 Å². The number of halogens is 1. The number of carbonyl (C=O) groups is 1. The maximum Gasteiger partial charge on any atom is 0.172 e. The molecule has 0 amide bonds. The standard InChI is InChI=1S/C10H8ClN3O/c1-7-10(6-15)12-13-14(7)9-4-2-3-8(11)5-9/h2-6H,1H3. The summed E-state index contributed by atoms with van der Waals surface area (Å²) in [6, 6.07) is 7.21. The molecule has 0 bridgehead atoms. The maximum absolute atomic E-state index is 10.6. The van der Waals surface area contributed by atoms with Crippen molar-refractivity contribution in [1.82, 2.24) is 15.0 Å². The molecule has 0 aliphatic rings. The van der Waals surface area contributed by atoms with E-state index in [1.807, 2.05) is 12.1 Å². The lowest BCUT2D eigenvalue weighted by Gasteiger charge is -2.02. The van der Waals surface area contributed by atoms with Crippen LogP contribution in [0.15, 0.2) is 24.3 Å². The van der Waals surface area contributed by atoms with Crippen LogP contribution in [0, 0.1) is 6.92 Å². The van der Waals surface area contributed by atoms with Crippen molar-refractivity contribution in [3.05, 3.63) is 40.7 Å². The van der Waals surface area contributed by atoms with E-state index in [1.54, 1.807) is 23.7 Å². The second-order valence-corrected chi connectivity index (χ2v) is 3.51. The van der Waals surface area contributed by atoms with Gasteiger partial charge in [-0.1, -0.05) is 22.9 Å². The Balaban J connectivity index is 2.54. The van der Waals surface area contributed by atoms with E-state index < -0.39 is 0 Å². The van der Waals surface area contributed by atoms with Gasteiger partial charge in [0.15, 0.2) is 6.29 Å². The Hall–Kier alpha value is -1.68. The number of benzene rings is 1. The van der Waals surface area contributed by atoms with Gasteiger partial charge in [-0.25, -0.2) is 4.68 Å². The zero-order valence-electron chi connectivity index (χ0n) is 8.01. The van der Waals surface area contributed by atoms with E-state index >= 15 is 0 Å². The van der Waals surface area contributed by atoms with Gasteiger partial charge in [-0.15, -0.1) is 5.10 Å². The molecule has 1 heterocycles. The first-order chi connectivity index (χ1) is 7.22. The molecule has 0 N–H and O–H groups in total. The van der Waals surface area contributed by atoms with Crippen molar-refractivity contribution in [3.63, 3.8) is 0 Å². The molecule has 0 saturated heterocycles. The Bertz CT molecular complexity index is 507. The minimum absolute atomic E-state index is 0.343. The SMILES string of the molecule is Cc1c(C=O)nnn1-c1cccc(Cl)c1. The fourth-order valence-corrected chi connectivity index (χ4v) is 1.49. The zero-order chi connectivity index (χ0) is 10.8. The van der Waals surface area contributed by atoms with Crippen LogP contribution < -0.4 is 0 Å². The summed E-state index contributed by atoms with van der Waals surface area (Å²) in [6.45, 7) is 1.78. The molecular formula is C10H8ClN3O. The van der Waals surface area contributed by atoms with Crippen LogP contribution in [0.1, 0.15) is 16.2 Å². The number of carbonyl (C=O) groups excluding carboxylic acids is 1. The number of aldehydes is 1. The Morgan fingerprint density at radius 2 is 2.27 bits per heavy atom. The predicted octanol–water partition coefficient (Wildman–Crippen LogP) is 2.04. The minimum Gasteiger partial charge on any atom is -0.296 e. The summed E-state index contributed by atoms with van der Waals surface area (Å²) in [7, 11) is 0. The van der Waals surface area contributed by atoms with Crippen LogP contribution in [0.25, 0.3) is 5.69 Å². The molecule has 0 unspecified atom stereocenters. The molecule has 0 spiro atoms. The van der Waals surface area contributed by atoms with E-state index in [4.69, 9.17) is 11.6 Å². The van der Waals surface area contributed by atoms with Crippen molar-refractivity contribution >= 4 is 17.9 Å². The summed E-state index contributed by atoms with van der Waals surface area (Å²) in [5, 5.41) is 8.24. The summed E-state index contributed by atoms with van der Waals surface area (Å²) in [6.07, 6.45) is 0.684. The number of hydrogen-bond donors (Lipinski definition) is 0. The lowest BCUT2D eigenvalue weighted by atomic mass is 10.3. The van der Waals surface area contributed by atoms with Crippen LogP contribution in [0.4, 0.5) is 0 Å². The molecule has 1 aromatic heterocycles. The van der Waals surface area contributed by atoms with Crippen LogP contribution in [-0.2, 0) is 0 Å². The number of nitrogens with zero attached hydrogens (tertiary/aromatic N) is 3. The largest absolute Gasteiger partial charge is 0.296 e. The van der Waals surface area contributed by atoms with Gasteiger partial charge in [-0.2, -0.15) is 0 Å². The Morgan fingerprint density at radius 1 is 1.47 bits per heavy atom. The molecule has 76 valence electrons. The lowest BCUT2D eigenvalue weighted by molar-refractivity contribution is 0.111. The van der Waals surface area contributed by atoms with Crippen LogP contribution >= 0.6 is 11.6 Å². The molecule has 1 aromatic carbocycles. The first-order valence-corrected chi connectivity index (χ1v) is 4.73. The fourth-order valence-electron chi connectivity index (χ4n) is 1.30.